The van der Waals surface area contributed by atoms with Crippen molar-refractivity contribution >= 4 is 103 Å². The van der Waals surface area contributed by atoms with Gasteiger partial charge in [0.05, 0.1) is 35.4 Å². The zero-order chi connectivity index (χ0) is 76.5. The maximum Gasteiger partial charge on any atom is 0.301 e. The van der Waals surface area contributed by atoms with Crippen LogP contribution in [-0.4, -0.2) is 13.4 Å². The predicted octanol–water partition coefficient (Wildman–Crippen LogP) is 17.9. The quantitative estimate of drug-likeness (QED) is 0.161. The Morgan fingerprint density at radius 1 is 0.384 bits per heavy atom. The number of hydrogen-bond donors (Lipinski definition) is 0. The highest BCUT2D eigenvalue weighted by Crippen LogP contribution is 2.54. The van der Waals surface area contributed by atoms with Crippen LogP contribution in [0.2, 0.25) is 0 Å². The summed E-state index contributed by atoms with van der Waals surface area (Å²) in [7, 11) is 0. The lowest BCUT2D eigenvalue weighted by Crippen LogP contribution is -2.63. The van der Waals surface area contributed by atoms with Gasteiger partial charge in [-0.15, -0.1) is 0 Å². The second kappa shape index (κ2) is 17.4. The minimum Gasteiger partial charge on any atom is -0.466 e. The summed E-state index contributed by atoms with van der Waals surface area (Å²) < 4.78 is 218. The number of furan rings is 2. The Labute approximate surface area is 537 Å². The Morgan fingerprint density at radius 2 is 0.709 bits per heavy atom. The maximum absolute atomic E-state index is 11.8. The Hall–Kier alpha value is -7.05. The van der Waals surface area contributed by atoms with E-state index in [1.54, 1.807) is 83.1 Å². The summed E-state index contributed by atoms with van der Waals surface area (Å²) >= 11 is 0. The van der Waals surface area contributed by atoms with Crippen LogP contribution >= 0.6 is 0 Å². The van der Waals surface area contributed by atoms with E-state index in [0.717, 1.165) is 0 Å². The Kier molecular flexibility index (Phi) is 7.88. The largest absolute Gasteiger partial charge is 0.466 e. The Morgan fingerprint density at radius 3 is 1.03 bits per heavy atom. The van der Waals surface area contributed by atoms with Gasteiger partial charge in [-0.3, -0.25) is 0 Å². The van der Waals surface area contributed by atoms with Crippen molar-refractivity contribution in [3.8, 4) is 23.0 Å². The molecule has 6 nitrogen and oxygen atoms in total. The van der Waals surface area contributed by atoms with Gasteiger partial charge < -0.3 is 28.1 Å². The van der Waals surface area contributed by atoms with Gasteiger partial charge in [-0.05, 0) is 203 Å². The molecule has 0 radical (unpaired) electrons. The van der Waals surface area contributed by atoms with Crippen LogP contribution in [0.25, 0.3) is 21.9 Å². The lowest BCUT2D eigenvalue weighted by Gasteiger charge is -2.44. The highest BCUT2D eigenvalue weighted by molar-refractivity contribution is 7.01. The average molecular weight is 1160 g/mol. The fraction of sp³-hybridized carbons (Fsp3) is 0.410. The molecule has 0 saturated heterocycles. The van der Waals surface area contributed by atoms with E-state index in [1.165, 1.54) is 9.80 Å². The molecule has 86 heavy (non-hydrogen) atoms. The molecule has 6 aliphatic rings. The summed E-state index contributed by atoms with van der Waals surface area (Å²) in [4.78, 5) is 2.52. The molecule has 2 aliphatic carbocycles. The van der Waals surface area contributed by atoms with Gasteiger partial charge >= 0.3 is 13.4 Å². The molecular formula is C78H86B2N2O4. The number of benzene rings is 7. The van der Waals surface area contributed by atoms with E-state index in [9.17, 15) is 24.7 Å². The van der Waals surface area contributed by atoms with E-state index in [1.807, 2.05) is 55.4 Å². The van der Waals surface area contributed by atoms with E-state index < -0.39 is 129 Å². The first kappa shape index (κ1) is 39.0. The van der Waals surface area contributed by atoms with Crippen molar-refractivity contribution in [1.29, 1.82) is 0 Å². The zero-order valence-corrected chi connectivity index (χ0v) is 53.5. The van der Waals surface area contributed by atoms with E-state index in [0.29, 0.717) is 47.9 Å². The van der Waals surface area contributed by atoms with Crippen LogP contribution in [0.1, 0.15) is 233 Å². The Bertz CT molecular complexity index is 5130. The van der Waals surface area contributed by atoms with Crippen LogP contribution in [0.5, 0.6) is 23.0 Å². The molecule has 2 aromatic heterocycles. The fourth-order valence-electron chi connectivity index (χ4n) is 13.7. The predicted molar refractivity (Wildman–Crippen MR) is 363 cm³/mol. The minimum absolute atomic E-state index is 0.00917. The molecule has 0 saturated carbocycles. The van der Waals surface area contributed by atoms with Crippen molar-refractivity contribution in [2.45, 2.75) is 207 Å². The van der Waals surface area contributed by atoms with Gasteiger partial charge in [0, 0.05) is 45.0 Å². The van der Waals surface area contributed by atoms with Gasteiger partial charge in [-0.2, -0.15) is 0 Å². The molecule has 15 rings (SSSR count). The lowest BCUT2D eigenvalue weighted by molar-refractivity contribution is 0.332. The molecule has 0 fully saturated rings. The van der Waals surface area contributed by atoms with Crippen molar-refractivity contribution in [2.24, 2.45) is 0 Å². The first-order valence-corrected chi connectivity index (χ1v) is 30.6. The van der Waals surface area contributed by atoms with Crippen molar-refractivity contribution in [3.05, 3.63) is 153 Å². The zero-order valence-electron chi connectivity index (χ0n) is 71.5. The van der Waals surface area contributed by atoms with Crippen molar-refractivity contribution in [1.82, 2.24) is 0 Å². The van der Waals surface area contributed by atoms with Crippen LogP contribution in [0.3, 0.4) is 0 Å². The number of hydrogen-bond acceptors (Lipinski definition) is 6. The van der Waals surface area contributed by atoms with Crippen LogP contribution in [0.4, 0.5) is 34.1 Å². The van der Waals surface area contributed by atoms with E-state index in [2.05, 4.69) is 0 Å². The second-order valence-corrected chi connectivity index (χ2v) is 31.9. The van der Waals surface area contributed by atoms with E-state index >= 15 is 0 Å². The summed E-state index contributed by atoms with van der Waals surface area (Å²) in [5, 5.41) is 0.195. The number of ether oxygens (including phenoxy) is 2. The number of fused-ring (bicyclic) bond motifs is 14. The maximum atomic E-state index is 11.8. The molecule has 6 heterocycles. The standard InChI is InChI=1S/C78H86B2N2O4/c1-71(2,3)43-21-25-47(26-22-43)81-57-42-58-56(41-55(57)79-65-59(81)33-45(73(7,8)9)35-63(65)83-67-49-37-51-53(39-61(49)85-69(67)79)77(17,18)31-29-75(51,13)14)80-66-60(82(58)48-27-23-44(24-28-48)72(4,5)6)34-46(74(10,11)12)36-64(66)84-68-50-38-52-54(40-62(50)86-70(68)80)78(19,20)32-30-76(52,15)16/h21-28,33-42H,29-32H2,1-20H3/i21D,22D,23D,24D,25D,26D,27D,28D,33D,34D,35D,36D,37D,38D,39D,40D,41D,42D. The number of nitrogens with zero attached hydrogens (tertiary/aromatic N) is 2. The lowest BCUT2D eigenvalue weighted by atomic mass is 9.32. The van der Waals surface area contributed by atoms with Crippen LogP contribution in [0.15, 0.2) is 118 Å². The molecule has 8 heteroatoms. The summed E-state index contributed by atoms with van der Waals surface area (Å²) in [6, 6.07) is -6.72. The van der Waals surface area contributed by atoms with Crippen molar-refractivity contribution < 1.29 is 43.0 Å². The van der Waals surface area contributed by atoms with Crippen LogP contribution in [-0.2, 0) is 43.3 Å². The number of anilines is 6. The summed E-state index contributed by atoms with van der Waals surface area (Å²) in [6.45, 7) is 34.4. The topological polar surface area (TPSA) is 51.2 Å². The van der Waals surface area contributed by atoms with Crippen LogP contribution < -0.4 is 52.4 Å². The third-order valence-corrected chi connectivity index (χ3v) is 19.3. The molecule has 0 spiro atoms. The Balaban J connectivity index is 1.22. The number of rotatable bonds is 2. The average Bonchev–Trinajstić information content (AvgIpc) is 1.07. The molecule has 0 bridgehead atoms. The second-order valence-electron chi connectivity index (χ2n) is 31.9. The van der Waals surface area contributed by atoms with Gasteiger partial charge in [0.25, 0.3) is 0 Å². The van der Waals surface area contributed by atoms with E-state index in [-0.39, 0.29) is 171 Å². The van der Waals surface area contributed by atoms with Gasteiger partial charge in [-0.25, -0.2) is 0 Å². The highest BCUT2D eigenvalue weighted by atomic mass is 16.5. The third-order valence-electron chi connectivity index (χ3n) is 19.3. The molecule has 0 N–H and O–H groups in total. The smallest absolute Gasteiger partial charge is 0.301 e. The molecule has 0 unspecified atom stereocenters. The van der Waals surface area contributed by atoms with Crippen molar-refractivity contribution in [3.63, 3.8) is 0 Å². The molecule has 438 valence electrons. The fourth-order valence-corrected chi connectivity index (χ4v) is 13.7. The van der Waals surface area contributed by atoms with Crippen LogP contribution in [0, 0.1) is 0 Å². The molecular weight excluding hydrogens is 1050 g/mol. The first-order valence-electron chi connectivity index (χ1n) is 39.6. The van der Waals surface area contributed by atoms with Gasteiger partial charge in [-0.1, -0.05) is 169 Å². The van der Waals surface area contributed by atoms with Gasteiger partial charge in [0.15, 0.2) is 11.5 Å². The summed E-state index contributed by atoms with van der Waals surface area (Å²) in [5.74, 6) is -0.512. The molecule has 4 aliphatic heterocycles. The molecule has 0 atom stereocenters. The molecule has 0 amide bonds. The summed E-state index contributed by atoms with van der Waals surface area (Å²) in [6.07, 6.45) is 2.66. The highest BCUT2D eigenvalue weighted by Gasteiger charge is 2.52. The van der Waals surface area contributed by atoms with Gasteiger partial charge in [0.1, 0.15) is 34.0 Å². The van der Waals surface area contributed by atoms with Crippen molar-refractivity contribution in [2.75, 3.05) is 9.80 Å². The monoisotopic (exact) mass is 1150 g/mol. The first-order chi connectivity index (χ1) is 47.7. The van der Waals surface area contributed by atoms with E-state index in [4.69, 9.17) is 18.3 Å². The third kappa shape index (κ3) is 8.04. The molecule has 9 aromatic rings. The minimum atomic E-state index is -1.59. The molecule has 7 aromatic carbocycles. The normalized spacial score (nSPS) is 21.2. The van der Waals surface area contributed by atoms with Gasteiger partial charge in [0.2, 0.25) is 0 Å². The SMILES string of the molecule is [2H]c1c2c(c([2H])c3c1B1c4oc5c([2H])c6c(c([2H])c5c4Oc4c([2H])c(C(C)(C)C)c([2H])c(c41)N3c1c([2H])c([2H])c(C(C)(C)C)c([2H])c1[2H])C(C)(C)CCC6(C)C)N(c1c([2H])c([2H])c(C(C)(C)C)c([2H])c1[2H])c1c([2H])c(C(C)(C)C)c([2H])c3c1B2c1oc2c([2H])c4c(c([2H])c2c1O3)C(C)(C)CCC4(C)C. The summed E-state index contributed by atoms with van der Waals surface area (Å²) in [5.41, 5.74) is -6.83.